The molecular formula is C13H18ClFN2. The summed E-state index contributed by atoms with van der Waals surface area (Å²) in [7, 11) is 2.08. The van der Waals surface area contributed by atoms with Crippen molar-refractivity contribution >= 4 is 11.6 Å². The second-order valence-corrected chi connectivity index (χ2v) is 5.32. The maximum absolute atomic E-state index is 13.3. The molecule has 1 aromatic carbocycles. The number of aryl methyl sites for hydroxylation is 1. The molecule has 0 aliphatic carbocycles. The summed E-state index contributed by atoms with van der Waals surface area (Å²) in [6, 6.07) is 3.58. The fourth-order valence-corrected chi connectivity index (χ4v) is 2.83. The molecule has 94 valence electrons. The van der Waals surface area contributed by atoms with Crippen molar-refractivity contribution in [3.63, 3.8) is 0 Å². The Labute approximate surface area is 107 Å². The SMILES string of the molecule is Cc1cc(F)c(Cl)cc1C1CC(CN)CN1C. The Morgan fingerprint density at radius 3 is 2.82 bits per heavy atom. The first-order valence-electron chi connectivity index (χ1n) is 5.88. The maximum Gasteiger partial charge on any atom is 0.142 e. The summed E-state index contributed by atoms with van der Waals surface area (Å²) in [5.41, 5.74) is 7.80. The van der Waals surface area contributed by atoms with Crippen molar-refractivity contribution in [2.75, 3.05) is 20.1 Å². The summed E-state index contributed by atoms with van der Waals surface area (Å²) >= 11 is 5.86. The highest BCUT2D eigenvalue weighted by atomic mass is 35.5. The van der Waals surface area contributed by atoms with Gasteiger partial charge in [-0.2, -0.15) is 0 Å². The molecule has 1 aromatic rings. The van der Waals surface area contributed by atoms with Crippen molar-refractivity contribution in [3.8, 4) is 0 Å². The van der Waals surface area contributed by atoms with Crippen molar-refractivity contribution in [2.45, 2.75) is 19.4 Å². The van der Waals surface area contributed by atoms with Crippen molar-refractivity contribution in [3.05, 3.63) is 34.1 Å². The molecule has 2 atom stereocenters. The monoisotopic (exact) mass is 256 g/mol. The molecule has 0 spiro atoms. The highest BCUT2D eigenvalue weighted by Gasteiger charge is 2.30. The Morgan fingerprint density at radius 2 is 2.24 bits per heavy atom. The predicted octanol–water partition coefficient (Wildman–Crippen LogP) is 2.74. The van der Waals surface area contributed by atoms with Crippen LogP contribution in [0.15, 0.2) is 12.1 Å². The number of hydrogen-bond donors (Lipinski definition) is 1. The van der Waals surface area contributed by atoms with Crippen molar-refractivity contribution in [1.82, 2.24) is 4.90 Å². The number of benzene rings is 1. The van der Waals surface area contributed by atoms with E-state index in [1.807, 2.05) is 6.92 Å². The molecular weight excluding hydrogens is 239 g/mol. The summed E-state index contributed by atoms with van der Waals surface area (Å²) in [5, 5.41) is 0.204. The van der Waals surface area contributed by atoms with Gasteiger partial charge in [0.25, 0.3) is 0 Å². The fraction of sp³-hybridized carbons (Fsp3) is 0.538. The molecule has 2 nitrogen and oxygen atoms in total. The summed E-state index contributed by atoms with van der Waals surface area (Å²) in [6.45, 7) is 3.63. The van der Waals surface area contributed by atoms with Gasteiger partial charge in [-0.1, -0.05) is 11.6 Å². The van der Waals surface area contributed by atoms with E-state index in [0.717, 1.165) is 24.1 Å². The van der Waals surface area contributed by atoms with Gasteiger partial charge < -0.3 is 5.73 Å². The minimum absolute atomic E-state index is 0.204. The smallest absolute Gasteiger partial charge is 0.142 e. The van der Waals surface area contributed by atoms with Gasteiger partial charge in [-0.05, 0) is 56.1 Å². The van der Waals surface area contributed by atoms with Crippen LogP contribution in [0.4, 0.5) is 4.39 Å². The van der Waals surface area contributed by atoms with E-state index < -0.39 is 0 Å². The third kappa shape index (κ3) is 2.46. The Kier molecular flexibility index (Phi) is 3.71. The molecule has 17 heavy (non-hydrogen) atoms. The first-order valence-corrected chi connectivity index (χ1v) is 6.26. The minimum Gasteiger partial charge on any atom is -0.330 e. The Hall–Kier alpha value is -0.640. The van der Waals surface area contributed by atoms with Gasteiger partial charge in [0.15, 0.2) is 0 Å². The zero-order valence-corrected chi connectivity index (χ0v) is 11.0. The van der Waals surface area contributed by atoms with E-state index in [0.29, 0.717) is 18.5 Å². The van der Waals surface area contributed by atoms with Crippen LogP contribution in [0.5, 0.6) is 0 Å². The number of hydrogen-bond acceptors (Lipinski definition) is 2. The van der Waals surface area contributed by atoms with E-state index in [4.69, 9.17) is 17.3 Å². The summed E-state index contributed by atoms with van der Waals surface area (Å²) in [5.74, 6) is 0.178. The van der Waals surface area contributed by atoms with Gasteiger partial charge >= 0.3 is 0 Å². The van der Waals surface area contributed by atoms with Gasteiger partial charge in [-0.3, -0.25) is 4.90 Å². The molecule has 1 heterocycles. The Bertz CT molecular complexity index is 422. The molecule has 0 saturated carbocycles. The summed E-state index contributed by atoms with van der Waals surface area (Å²) in [4.78, 5) is 2.27. The van der Waals surface area contributed by atoms with Crippen LogP contribution in [0.1, 0.15) is 23.6 Å². The highest BCUT2D eigenvalue weighted by Crippen LogP contribution is 2.36. The second-order valence-electron chi connectivity index (χ2n) is 4.92. The number of nitrogens with two attached hydrogens (primary N) is 1. The van der Waals surface area contributed by atoms with E-state index in [1.54, 1.807) is 6.07 Å². The van der Waals surface area contributed by atoms with Gasteiger partial charge in [-0.25, -0.2) is 4.39 Å². The third-order valence-electron chi connectivity index (χ3n) is 3.64. The van der Waals surface area contributed by atoms with E-state index in [9.17, 15) is 4.39 Å². The lowest BCUT2D eigenvalue weighted by Gasteiger charge is -2.21. The molecule has 0 aromatic heterocycles. The van der Waals surface area contributed by atoms with Crippen LogP contribution >= 0.6 is 11.6 Å². The second kappa shape index (κ2) is 4.92. The van der Waals surface area contributed by atoms with E-state index in [2.05, 4.69) is 11.9 Å². The Morgan fingerprint density at radius 1 is 1.53 bits per heavy atom. The molecule has 0 bridgehead atoms. The molecule has 0 radical (unpaired) electrons. The van der Waals surface area contributed by atoms with Crippen molar-refractivity contribution < 1.29 is 4.39 Å². The minimum atomic E-state index is -0.344. The van der Waals surface area contributed by atoms with Gasteiger partial charge in [0.1, 0.15) is 5.82 Å². The molecule has 1 fully saturated rings. The Balaban J connectivity index is 2.31. The van der Waals surface area contributed by atoms with E-state index in [1.165, 1.54) is 6.07 Å². The molecule has 2 N–H and O–H groups in total. The molecule has 1 aliphatic heterocycles. The molecule has 2 rings (SSSR count). The number of likely N-dealkylation sites (tertiary alicyclic amines) is 1. The number of halogens is 2. The number of rotatable bonds is 2. The quantitative estimate of drug-likeness (QED) is 0.882. The zero-order chi connectivity index (χ0) is 12.6. The molecule has 1 aliphatic rings. The van der Waals surface area contributed by atoms with Crippen LogP contribution < -0.4 is 5.73 Å². The van der Waals surface area contributed by atoms with Gasteiger partial charge in [0.2, 0.25) is 0 Å². The fourth-order valence-electron chi connectivity index (χ4n) is 2.66. The lowest BCUT2D eigenvalue weighted by molar-refractivity contribution is 0.312. The third-order valence-corrected chi connectivity index (χ3v) is 3.93. The highest BCUT2D eigenvalue weighted by molar-refractivity contribution is 6.30. The topological polar surface area (TPSA) is 29.3 Å². The van der Waals surface area contributed by atoms with Crippen molar-refractivity contribution in [1.29, 1.82) is 0 Å². The van der Waals surface area contributed by atoms with Crippen LogP contribution in [0.25, 0.3) is 0 Å². The lowest BCUT2D eigenvalue weighted by atomic mass is 9.96. The largest absolute Gasteiger partial charge is 0.330 e. The normalized spacial score (nSPS) is 25.5. The maximum atomic E-state index is 13.3. The molecule has 1 saturated heterocycles. The first-order chi connectivity index (χ1) is 8.02. The predicted molar refractivity (Wildman–Crippen MR) is 68.7 cm³/mol. The van der Waals surface area contributed by atoms with Crippen LogP contribution in [-0.2, 0) is 0 Å². The summed E-state index contributed by atoms with van der Waals surface area (Å²) in [6.07, 6.45) is 1.02. The first kappa shape index (κ1) is 12.8. The van der Waals surface area contributed by atoms with Crippen LogP contribution in [0, 0.1) is 18.7 Å². The van der Waals surface area contributed by atoms with Gasteiger partial charge in [-0.15, -0.1) is 0 Å². The van der Waals surface area contributed by atoms with E-state index >= 15 is 0 Å². The molecule has 4 heteroatoms. The van der Waals surface area contributed by atoms with Crippen LogP contribution in [0.2, 0.25) is 5.02 Å². The van der Waals surface area contributed by atoms with Gasteiger partial charge in [0.05, 0.1) is 5.02 Å². The van der Waals surface area contributed by atoms with E-state index in [-0.39, 0.29) is 10.8 Å². The zero-order valence-electron chi connectivity index (χ0n) is 10.2. The van der Waals surface area contributed by atoms with Crippen LogP contribution in [0.3, 0.4) is 0 Å². The average molecular weight is 257 g/mol. The van der Waals surface area contributed by atoms with Gasteiger partial charge in [0, 0.05) is 12.6 Å². The average Bonchev–Trinajstić information content (AvgIpc) is 2.65. The van der Waals surface area contributed by atoms with Crippen LogP contribution in [-0.4, -0.2) is 25.0 Å². The summed E-state index contributed by atoms with van der Waals surface area (Å²) < 4.78 is 13.3. The lowest BCUT2D eigenvalue weighted by Crippen LogP contribution is -2.21. The standard InChI is InChI=1S/C13H18ClFN2/c1-8-3-12(15)11(14)5-10(8)13-4-9(6-16)7-17(13)2/h3,5,9,13H,4,6-7,16H2,1-2H3. The molecule has 2 unspecified atom stereocenters. The molecule has 0 amide bonds. The number of nitrogens with zero attached hydrogens (tertiary/aromatic N) is 1. The van der Waals surface area contributed by atoms with Crippen molar-refractivity contribution in [2.24, 2.45) is 11.7 Å².